The zero-order valence-electron chi connectivity index (χ0n) is 12.0. The molecule has 2 aliphatic heterocycles. The number of carbonyl (C=O) groups excluding carboxylic acids is 2. The summed E-state index contributed by atoms with van der Waals surface area (Å²) in [5.74, 6) is -0.393. The fourth-order valence-electron chi connectivity index (χ4n) is 2.91. The fraction of sp³-hybridized carbons (Fsp3) is 0.467. The van der Waals surface area contributed by atoms with E-state index in [4.69, 9.17) is 11.6 Å². The van der Waals surface area contributed by atoms with Crippen molar-refractivity contribution in [3.63, 3.8) is 0 Å². The molecule has 6 nitrogen and oxygen atoms in total. The van der Waals surface area contributed by atoms with Gasteiger partial charge in [0.15, 0.2) is 0 Å². The summed E-state index contributed by atoms with van der Waals surface area (Å²) in [5, 5.41) is 15.7. The number of hydrogen-bond acceptors (Lipinski definition) is 4. The third-order valence-corrected chi connectivity index (χ3v) is 4.41. The number of para-hydroxylation sites is 1. The average Bonchev–Trinajstić information content (AvgIpc) is 3.07. The lowest BCUT2D eigenvalue weighted by molar-refractivity contribution is -0.127. The third kappa shape index (κ3) is 2.95. The number of β-amino-alcohol motifs (C(OH)–C–C–N with tert-alkyl or cyclic N) is 1. The second kappa shape index (κ2) is 6.24. The zero-order valence-corrected chi connectivity index (χ0v) is 12.7. The molecule has 0 bridgehead atoms. The number of anilines is 1. The van der Waals surface area contributed by atoms with E-state index in [1.165, 1.54) is 0 Å². The predicted molar refractivity (Wildman–Crippen MR) is 82.8 cm³/mol. The Morgan fingerprint density at radius 3 is 2.86 bits per heavy atom. The maximum atomic E-state index is 12.5. The molecule has 0 aliphatic carbocycles. The maximum Gasteiger partial charge on any atom is 0.249 e. The standard InChI is InChI=1S/C15H18ClN3O3/c16-10-3-1-2-4-13(10)19-6-5-11(15(19)22)18-14(21)12-7-9(20)8-17-12/h1-4,9,11-12,17,20H,5-8H2,(H,18,21)/t9-,11+,12-/m0/s1. The van der Waals surface area contributed by atoms with Crippen LogP contribution in [0.3, 0.4) is 0 Å². The Bertz CT molecular complexity index is 595. The van der Waals surface area contributed by atoms with Gasteiger partial charge in [0, 0.05) is 13.1 Å². The average molecular weight is 324 g/mol. The van der Waals surface area contributed by atoms with E-state index in [2.05, 4.69) is 10.6 Å². The molecular weight excluding hydrogens is 306 g/mol. The molecule has 7 heteroatoms. The van der Waals surface area contributed by atoms with E-state index < -0.39 is 18.2 Å². The molecular formula is C15H18ClN3O3. The second-order valence-corrected chi connectivity index (χ2v) is 6.05. The minimum atomic E-state index is -0.539. The lowest BCUT2D eigenvalue weighted by atomic mass is 10.1. The van der Waals surface area contributed by atoms with Crippen molar-refractivity contribution in [3.8, 4) is 0 Å². The molecule has 0 saturated carbocycles. The Hall–Kier alpha value is -1.63. The molecule has 2 aliphatic rings. The number of benzene rings is 1. The van der Waals surface area contributed by atoms with Crippen LogP contribution in [0.15, 0.2) is 24.3 Å². The first kappa shape index (κ1) is 15.3. The molecule has 2 saturated heterocycles. The molecule has 1 aromatic carbocycles. The van der Waals surface area contributed by atoms with Crippen LogP contribution in [0.5, 0.6) is 0 Å². The second-order valence-electron chi connectivity index (χ2n) is 5.64. The predicted octanol–water partition coefficient (Wildman–Crippen LogP) is 0.284. The summed E-state index contributed by atoms with van der Waals surface area (Å²) in [4.78, 5) is 26.2. The number of hydrogen-bond donors (Lipinski definition) is 3. The van der Waals surface area contributed by atoms with Gasteiger partial charge in [0.25, 0.3) is 0 Å². The van der Waals surface area contributed by atoms with Crippen molar-refractivity contribution >= 4 is 29.1 Å². The smallest absolute Gasteiger partial charge is 0.249 e. The molecule has 22 heavy (non-hydrogen) atoms. The molecule has 2 amide bonds. The van der Waals surface area contributed by atoms with E-state index in [0.717, 1.165) is 0 Å². The van der Waals surface area contributed by atoms with Crippen molar-refractivity contribution in [2.45, 2.75) is 31.0 Å². The van der Waals surface area contributed by atoms with Crippen molar-refractivity contribution < 1.29 is 14.7 Å². The molecule has 0 unspecified atom stereocenters. The van der Waals surface area contributed by atoms with Gasteiger partial charge in [0.05, 0.1) is 22.9 Å². The van der Waals surface area contributed by atoms with Crippen molar-refractivity contribution in [2.24, 2.45) is 0 Å². The quantitative estimate of drug-likeness (QED) is 0.746. The number of carbonyl (C=O) groups is 2. The third-order valence-electron chi connectivity index (χ3n) is 4.09. The van der Waals surface area contributed by atoms with Crippen LogP contribution in [-0.2, 0) is 9.59 Å². The van der Waals surface area contributed by atoms with Gasteiger partial charge in [-0.15, -0.1) is 0 Å². The molecule has 118 valence electrons. The van der Waals surface area contributed by atoms with Crippen LogP contribution < -0.4 is 15.5 Å². The summed E-state index contributed by atoms with van der Waals surface area (Å²) in [6.07, 6.45) is 0.418. The lowest BCUT2D eigenvalue weighted by Gasteiger charge is -2.19. The normalized spacial score (nSPS) is 28.2. The molecule has 0 radical (unpaired) electrons. The molecule has 3 rings (SSSR count). The Morgan fingerprint density at radius 2 is 2.18 bits per heavy atom. The van der Waals surface area contributed by atoms with E-state index in [1.54, 1.807) is 17.0 Å². The monoisotopic (exact) mass is 323 g/mol. The van der Waals surface area contributed by atoms with Gasteiger partial charge >= 0.3 is 0 Å². The van der Waals surface area contributed by atoms with E-state index >= 15 is 0 Å². The Kier molecular flexibility index (Phi) is 4.33. The summed E-state index contributed by atoms with van der Waals surface area (Å²) in [6, 6.07) is 6.19. The number of amides is 2. The topological polar surface area (TPSA) is 81.7 Å². The van der Waals surface area contributed by atoms with E-state index in [1.807, 2.05) is 12.1 Å². The first-order valence-electron chi connectivity index (χ1n) is 7.34. The lowest BCUT2D eigenvalue weighted by Crippen LogP contribution is -2.48. The van der Waals surface area contributed by atoms with Gasteiger partial charge in [-0.05, 0) is 25.0 Å². The van der Waals surface area contributed by atoms with Crippen LogP contribution >= 0.6 is 11.6 Å². The molecule has 1 aromatic rings. The van der Waals surface area contributed by atoms with Gasteiger partial charge < -0.3 is 20.6 Å². The number of aliphatic hydroxyl groups excluding tert-OH is 1. The largest absolute Gasteiger partial charge is 0.392 e. The van der Waals surface area contributed by atoms with E-state index in [0.29, 0.717) is 36.6 Å². The van der Waals surface area contributed by atoms with Gasteiger partial charge in [-0.25, -0.2) is 0 Å². The Morgan fingerprint density at radius 1 is 1.41 bits per heavy atom. The minimum Gasteiger partial charge on any atom is -0.392 e. The fourth-order valence-corrected chi connectivity index (χ4v) is 3.15. The van der Waals surface area contributed by atoms with Gasteiger partial charge in [-0.1, -0.05) is 23.7 Å². The SMILES string of the molecule is O=C(N[C@@H]1CCN(c2ccccc2Cl)C1=O)[C@@H]1C[C@H](O)CN1. The molecule has 2 fully saturated rings. The number of rotatable bonds is 3. The van der Waals surface area contributed by atoms with Crippen molar-refractivity contribution in [2.75, 3.05) is 18.0 Å². The van der Waals surface area contributed by atoms with Gasteiger partial charge in [0.1, 0.15) is 6.04 Å². The first-order chi connectivity index (χ1) is 10.6. The zero-order chi connectivity index (χ0) is 15.7. The van der Waals surface area contributed by atoms with Crippen molar-refractivity contribution in [3.05, 3.63) is 29.3 Å². The van der Waals surface area contributed by atoms with Crippen LogP contribution in [0.25, 0.3) is 0 Å². The summed E-state index contributed by atoms with van der Waals surface area (Å²) in [7, 11) is 0. The Labute approximate surface area is 133 Å². The number of aliphatic hydroxyl groups is 1. The van der Waals surface area contributed by atoms with Crippen molar-refractivity contribution in [1.29, 1.82) is 0 Å². The highest BCUT2D eigenvalue weighted by atomic mass is 35.5. The minimum absolute atomic E-state index is 0.153. The maximum absolute atomic E-state index is 12.5. The van der Waals surface area contributed by atoms with Gasteiger partial charge in [-0.2, -0.15) is 0 Å². The summed E-state index contributed by atoms with van der Waals surface area (Å²) in [5.41, 5.74) is 0.667. The van der Waals surface area contributed by atoms with E-state index in [9.17, 15) is 14.7 Å². The van der Waals surface area contributed by atoms with Crippen LogP contribution in [0, 0.1) is 0 Å². The highest BCUT2D eigenvalue weighted by Crippen LogP contribution is 2.29. The van der Waals surface area contributed by atoms with Gasteiger partial charge in [-0.3, -0.25) is 9.59 Å². The van der Waals surface area contributed by atoms with Crippen molar-refractivity contribution in [1.82, 2.24) is 10.6 Å². The molecule has 0 aromatic heterocycles. The van der Waals surface area contributed by atoms with Gasteiger partial charge in [0.2, 0.25) is 11.8 Å². The van der Waals surface area contributed by atoms with Crippen LogP contribution in [-0.4, -0.2) is 48.2 Å². The number of nitrogens with zero attached hydrogens (tertiary/aromatic N) is 1. The highest BCUT2D eigenvalue weighted by Gasteiger charge is 2.37. The van der Waals surface area contributed by atoms with Crippen LogP contribution in [0.1, 0.15) is 12.8 Å². The Balaban J connectivity index is 1.64. The molecule has 3 N–H and O–H groups in total. The molecule has 0 spiro atoms. The summed E-state index contributed by atoms with van der Waals surface area (Å²) >= 11 is 6.12. The van der Waals surface area contributed by atoms with Crippen LogP contribution in [0.4, 0.5) is 5.69 Å². The summed E-state index contributed by atoms with van der Waals surface area (Å²) < 4.78 is 0. The number of halogens is 1. The summed E-state index contributed by atoms with van der Waals surface area (Å²) in [6.45, 7) is 0.927. The van der Waals surface area contributed by atoms with E-state index in [-0.39, 0.29) is 11.8 Å². The molecule has 3 atom stereocenters. The molecule has 2 heterocycles. The highest BCUT2D eigenvalue weighted by molar-refractivity contribution is 6.34. The van der Waals surface area contributed by atoms with Crippen LogP contribution in [0.2, 0.25) is 5.02 Å². The number of nitrogens with one attached hydrogen (secondary N) is 2. The first-order valence-corrected chi connectivity index (χ1v) is 7.72.